The predicted octanol–water partition coefficient (Wildman–Crippen LogP) is 1.37. The summed E-state index contributed by atoms with van der Waals surface area (Å²) >= 11 is 3.30. The number of carbonyl (C=O) groups excluding carboxylic acids is 2. The molecule has 1 heterocycles. The number of piperidine rings is 1. The molecule has 0 atom stereocenters. The maximum atomic E-state index is 12.3. The number of amides is 2. The van der Waals surface area contributed by atoms with Gasteiger partial charge in [0.25, 0.3) is 5.91 Å². The van der Waals surface area contributed by atoms with E-state index in [1.807, 2.05) is 0 Å². The van der Waals surface area contributed by atoms with Crippen molar-refractivity contribution in [3.63, 3.8) is 0 Å². The molecule has 0 radical (unpaired) electrons. The lowest BCUT2D eigenvalue weighted by Crippen LogP contribution is -2.41. The Bertz CT molecular complexity index is 511. The lowest BCUT2D eigenvalue weighted by molar-refractivity contribution is -0.123. The number of hydrogen-bond donors (Lipinski definition) is 2. The minimum absolute atomic E-state index is 0.0536. The molecule has 0 unspecified atom stereocenters. The topological polar surface area (TPSA) is 89.4 Å². The molecule has 1 aliphatic rings. The Morgan fingerprint density at radius 3 is 2.42 bits per heavy atom. The Labute approximate surface area is 120 Å². The first-order valence-electron chi connectivity index (χ1n) is 6.12. The van der Waals surface area contributed by atoms with Crippen molar-refractivity contribution >= 4 is 33.4 Å². The fourth-order valence-electron chi connectivity index (χ4n) is 2.23. The summed E-state index contributed by atoms with van der Waals surface area (Å²) in [6, 6.07) is 5.16. The molecule has 5 nitrogen and oxygen atoms in total. The maximum absolute atomic E-state index is 12.3. The van der Waals surface area contributed by atoms with Crippen LogP contribution in [0.2, 0.25) is 0 Å². The first-order valence-corrected chi connectivity index (χ1v) is 6.92. The maximum Gasteiger partial charge on any atom is 0.253 e. The van der Waals surface area contributed by atoms with Crippen molar-refractivity contribution in [2.45, 2.75) is 12.8 Å². The Hall–Kier alpha value is -1.56. The van der Waals surface area contributed by atoms with E-state index in [-0.39, 0.29) is 17.7 Å². The van der Waals surface area contributed by atoms with E-state index in [0.717, 1.165) is 4.47 Å². The second-order valence-electron chi connectivity index (χ2n) is 4.71. The summed E-state index contributed by atoms with van der Waals surface area (Å²) < 4.78 is 0.775. The third kappa shape index (κ3) is 3.07. The Morgan fingerprint density at radius 2 is 1.89 bits per heavy atom. The first-order chi connectivity index (χ1) is 8.99. The lowest BCUT2D eigenvalue weighted by Gasteiger charge is -2.30. The molecule has 0 spiro atoms. The van der Waals surface area contributed by atoms with E-state index in [1.54, 1.807) is 23.1 Å². The third-order valence-corrected chi connectivity index (χ3v) is 4.15. The number of nitrogen functional groups attached to an aromatic ring is 1. The van der Waals surface area contributed by atoms with Gasteiger partial charge in [0.15, 0.2) is 0 Å². The fourth-order valence-corrected chi connectivity index (χ4v) is 2.47. The zero-order valence-electron chi connectivity index (χ0n) is 10.4. The second kappa shape index (κ2) is 5.61. The van der Waals surface area contributed by atoms with Crippen LogP contribution in [-0.4, -0.2) is 29.8 Å². The molecule has 0 bridgehead atoms. The van der Waals surface area contributed by atoms with Gasteiger partial charge in [0.05, 0.1) is 0 Å². The van der Waals surface area contributed by atoms with Crippen molar-refractivity contribution in [1.29, 1.82) is 0 Å². The summed E-state index contributed by atoms with van der Waals surface area (Å²) in [4.78, 5) is 25.1. The van der Waals surface area contributed by atoms with E-state index in [4.69, 9.17) is 11.5 Å². The number of likely N-dealkylation sites (tertiary alicyclic amines) is 1. The van der Waals surface area contributed by atoms with Crippen LogP contribution in [0, 0.1) is 5.92 Å². The molecule has 2 rings (SSSR count). The van der Waals surface area contributed by atoms with E-state index in [1.165, 1.54) is 0 Å². The minimum atomic E-state index is -0.278. The van der Waals surface area contributed by atoms with Gasteiger partial charge in [-0.3, -0.25) is 9.59 Å². The van der Waals surface area contributed by atoms with Crippen molar-refractivity contribution in [2.75, 3.05) is 18.8 Å². The number of anilines is 1. The van der Waals surface area contributed by atoms with Gasteiger partial charge in [-0.15, -0.1) is 0 Å². The van der Waals surface area contributed by atoms with Crippen molar-refractivity contribution in [2.24, 2.45) is 11.7 Å². The lowest BCUT2D eigenvalue weighted by atomic mass is 9.96. The highest BCUT2D eigenvalue weighted by molar-refractivity contribution is 9.10. The quantitative estimate of drug-likeness (QED) is 0.805. The number of primary amides is 1. The van der Waals surface area contributed by atoms with Crippen LogP contribution >= 0.6 is 15.9 Å². The SMILES string of the molecule is NC(=O)C1CCN(C(=O)c2ccc(Br)c(N)c2)CC1. The van der Waals surface area contributed by atoms with Gasteiger partial charge in [-0.2, -0.15) is 0 Å². The normalized spacial score (nSPS) is 16.4. The molecule has 1 aliphatic heterocycles. The van der Waals surface area contributed by atoms with Crippen LogP contribution in [0.15, 0.2) is 22.7 Å². The summed E-state index contributed by atoms with van der Waals surface area (Å²) in [5.41, 5.74) is 12.2. The highest BCUT2D eigenvalue weighted by Crippen LogP contribution is 2.23. The van der Waals surface area contributed by atoms with Crippen molar-refractivity contribution in [1.82, 2.24) is 4.90 Å². The summed E-state index contributed by atoms with van der Waals surface area (Å²) in [5, 5.41) is 0. The monoisotopic (exact) mass is 325 g/mol. The minimum Gasteiger partial charge on any atom is -0.398 e. The third-order valence-electron chi connectivity index (χ3n) is 3.43. The standard InChI is InChI=1S/C13H16BrN3O2/c14-10-2-1-9(7-11(10)15)13(19)17-5-3-8(4-6-17)12(16)18/h1-2,7-8H,3-6,15H2,(H2,16,18). The molecule has 1 aromatic carbocycles. The van der Waals surface area contributed by atoms with Crippen LogP contribution in [0.1, 0.15) is 23.2 Å². The van der Waals surface area contributed by atoms with Crippen LogP contribution in [0.5, 0.6) is 0 Å². The Balaban J connectivity index is 2.05. The predicted molar refractivity (Wildman–Crippen MR) is 76.4 cm³/mol. The Morgan fingerprint density at radius 1 is 1.26 bits per heavy atom. The van der Waals surface area contributed by atoms with Gasteiger partial charge in [-0.1, -0.05) is 0 Å². The van der Waals surface area contributed by atoms with Crippen molar-refractivity contribution in [3.05, 3.63) is 28.2 Å². The molecule has 0 saturated carbocycles. The van der Waals surface area contributed by atoms with Gasteiger partial charge in [0.2, 0.25) is 5.91 Å². The zero-order valence-corrected chi connectivity index (χ0v) is 12.0. The van der Waals surface area contributed by atoms with Gasteiger partial charge in [-0.25, -0.2) is 0 Å². The van der Waals surface area contributed by atoms with Crippen LogP contribution in [0.4, 0.5) is 5.69 Å². The van der Waals surface area contributed by atoms with Crippen LogP contribution in [0.3, 0.4) is 0 Å². The fraction of sp³-hybridized carbons (Fsp3) is 0.385. The van der Waals surface area contributed by atoms with Crippen molar-refractivity contribution < 1.29 is 9.59 Å². The molecule has 0 aliphatic carbocycles. The number of halogens is 1. The molecule has 0 aromatic heterocycles. The smallest absolute Gasteiger partial charge is 0.253 e. The molecule has 19 heavy (non-hydrogen) atoms. The Kier molecular flexibility index (Phi) is 4.09. The number of hydrogen-bond acceptors (Lipinski definition) is 3. The molecule has 6 heteroatoms. The first kappa shape index (κ1) is 13.9. The van der Waals surface area contributed by atoms with E-state index in [9.17, 15) is 9.59 Å². The number of nitrogens with zero attached hydrogens (tertiary/aromatic N) is 1. The zero-order chi connectivity index (χ0) is 14.0. The summed E-state index contributed by atoms with van der Waals surface area (Å²) in [6.07, 6.45) is 1.26. The summed E-state index contributed by atoms with van der Waals surface area (Å²) in [6.45, 7) is 1.12. The van der Waals surface area contributed by atoms with E-state index in [0.29, 0.717) is 37.2 Å². The van der Waals surface area contributed by atoms with E-state index >= 15 is 0 Å². The number of benzene rings is 1. The van der Waals surface area contributed by atoms with Gasteiger partial charge in [0, 0.05) is 34.7 Å². The van der Waals surface area contributed by atoms with Gasteiger partial charge in [-0.05, 0) is 47.0 Å². The second-order valence-corrected chi connectivity index (χ2v) is 5.56. The molecule has 102 valence electrons. The largest absolute Gasteiger partial charge is 0.398 e. The van der Waals surface area contributed by atoms with E-state index in [2.05, 4.69) is 15.9 Å². The van der Waals surface area contributed by atoms with Crippen LogP contribution in [-0.2, 0) is 4.79 Å². The van der Waals surface area contributed by atoms with Gasteiger partial charge >= 0.3 is 0 Å². The molecule has 1 saturated heterocycles. The van der Waals surface area contributed by atoms with Crippen LogP contribution < -0.4 is 11.5 Å². The molecule has 1 aromatic rings. The highest BCUT2D eigenvalue weighted by Gasteiger charge is 2.26. The van der Waals surface area contributed by atoms with Gasteiger partial charge in [0.1, 0.15) is 0 Å². The number of nitrogens with two attached hydrogens (primary N) is 2. The highest BCUT2D eigenvalue weighted by atomic mass is 79.9. The molecular formula is C13H16BrN3O2. The molecular weight excluding hydrogens is 310 g/mol. The molecule has 4 N–H and O–H groups in total. The number of rotatable bonds is 2. The molecule has 1 fully saturated rings. The summed E-state index contributed by atoms with van der Waals surface area (Å²) in [5.74, 6) is -0.443. The summed E-state index contributed by atoms with van der Waals surface area (Å²) in [7, 11) is 0. The average Bonchev–Trinajstić information content (AvgIpc) is 2.41. The molecule has 2 amide bonds. The van der Waals surface area contributed by atoms with Gasteiger partial charge < -0.3 is 16.4 Å². The van der Waals surface area contributed by atoms with Crippen LogP contribution in [0.25, 0.3) is 0 Å². The van der Waals surface area contributed by atoms with E-state index < -0.39 is 0 Å². The average molecular weight is 326 g/mol. The number of carbonyl (C=O) groups is 2. The van der Waals surface area contributed by atoms with Crippen molar-refractivity contribution in [3.8, 4) is 0 Å².